The topological polar surface area (TPSA) is 89.3 Å². The Morgan fingerprint density at radius 1 is 1.08 bits per heavy atom. The molecule has 0 amide bonds. The summed E-state index contributed by atoms with van der Waals surface area (Å²) in [6, 6.07) is 11.7. The molecule has 2 heterocycles. The molecule has 0 aliphatic heterocycles. The fraction of sp³-hybridized carbons (Fsp3) is 0.192. The summed E-state index contributed by atoms with van der Waals surface area (Å²) in [6.45, 7) is 4.00. The molecule has 0 fully saturated rings. The monoisotopic (exact) mass is 537 g/mol. The number of halogens is 3. The number of anilines is 1. The molecule has 0 saturated carbocycles. The molecule has 0 unspecified atom stereocenters. The maximum absolute atomic E-state index is 12.5. The van der Waals surface area contributed by atoms with E-state index in [9.17, 15) is 13.2 Å². The van der Waals surface area contributed by atoms with Crippen LogP contribution in [0.15, 0.2) is 60.1 Å². The highest BCUT2D eigenvalue weighted by molar-refractivity contribution is 7.80. The fourth-order valence-corrected chi connectivity index (χ4v) is 4.44. The van der Waals surface area contributed by atoms with Crippen molar-refractivity contribution in [1.29, 1.82) is 0 Å². The Hall–Kier alpha value is -4.32. The molecule has 1 aliphatic rings. The second-order valence-corrected chi connectivity index (χ2v) is 9.04. The minimum Gasteiger partial charge on any atom is -0.406 e. The highest BCUT2D eigenvalue weighted by Gasteiger charge is 2.31. The van der Waals surface area contributed by atoms with Gasteiger partial charge in [0.15, 0.2) is 10.9 Å². The first-order chi connectivity index (χ1) is 18.2. The van der Waals surface area contributed by atoms with Crippen LogP contribution in [0.4, 0.5) is 18.9 Å². The summed E-state index contributed by atoms with van der Waals surface area (Å²) in [5, 5.41) is 7.66. The van der Waals surface area contributed by atoms with Crippen molar-refractivity contribution < 1.29 is 17.9 Å². The number of aromatic nitrogens is 4. The van der Waals surface area contributed by atoms with Crippen LogP contribution in [-0.4, -0.2) is 37.2 Å². The number of alkyl halides is 3. The number of fused-ring (bicyclic) bond motifs is 3. The zero-order chi connectivity index (χ0) is 26.9. The number of benzene rings is 2. The predicted molar refractivity (Wildman–Crippen MR) is 142 cm³/mol. The molecule has 0 spiro atoms. The number of hydrogen-bond donors (Lipinski definition) is 2. The van der Waals surface area contributed by atoms with Gasteiger partial charge in [0.1, 0.15) is 12.1 Å². The van der Waals surface area contributed by atoms with Crippen molar-refractivity contribution in [3.8, 4) is 22.7 Å². The summed E-state index contributed by atoms with van der Waals surface area (Å²) in [5.41, 5.74) is 9.86. The van der Waals surface area contributed by atoms with Crippen molar-refractivity contribution in [2.24, 2.45) is 5.10 Å². The summed E-state index contributed by atoms with van der Waals surface area (Å²) < 4.78 is 43.2. The van der Waals surface area contributed by atoms with E-state index in [4.69, 9.17) is 12.2 Å². The molecule has 2 aromatic carbocycles. The van der Waals surface area contributed by atoms with Crippen LogP contribution in [0, 0.1) is 13.8 Å². The number of para-hydroxylation sites is 1. The lowest BCUT2D eigenvalue weighted by Gasteiger charge is -2.17. The van der Waals surface area contributed by atoms with Gasteiger partial charge in [0, 0.05) is 23.1 Å². The van der Waals surface area contributed by atoms with Gasteiger partial charge in [-0.2, -0.15) is 5.10 Å². The van der Waals surface area contributed by atoms with Gasteiger partial charge >= 0.3 is 6.36 Å². The van der Waals surface area contributed by atoms with Gasteiger partial charge < -0.3 is 14.6 Å². The molecule has 2 N–H and O–H groups in total. The Morgan fingerprint density at radius 2 is 1.82 bits per heavy atom. The lowest BCUT2D eigenvalue weighted by atomic mass is 9.97. The van der Waals surface area contributed by atoms with Gasteiger partial charge in [-0.15, -0.1) is 13.2 Å². The minimum atomic E-state index is -4.73. The van der Waals surface area contributed by atoms with E-state index in [0.29, 0.717) is 29.5 Å². The third-order valence-electron chi connectivity index (χ3n) is 6.02. The Labute approximate surface area is 221 Å². The molecule has 8 nitrogen and oxygen atoms in total. The molecule has 194 valence electrons. The number of thiocarbonyl (C=S) groups is 1. The van der Waals surface area contributed by atoms with Crippen molar-refractivity contribution >= 4 is 29.2 Å². The summed E-state index contributed by atoms with van der Waals surface area (Å²) in [7, 11) is 0. The third-order valence-corrected chi connectivity index (χ3v) is 6.21. The Balaban J connectivity index is 1.28. The standard InChI is InChI=1S/C26H22F3N7OS/c1-15-4-3-5-16(2)23(15)34-25(38)35-32-13-22-30-12-19-20(33-22)10-11-21-24(19)31-14-36(21)17-6-8-18(9-7-17)37-26(27,28)29/h3-9,12-14H,10-11H2,1-2H3,(H2,34,35,38). The lowest BCUT2D eigenvalue weighted by Crippen LogP contribution is -2.25. The summed E-state index contributed by atoms with van der Waals surface area (Å²) in [4.78, 5) is 13.5. The highest BCUT2D eigenvalue weighted by atomic mass is 32.1. The molecule has 38 heavy (non-hydrogen) atoms. The van der Waals surface area contributed by atoms with Crippen molar-refractivity contribution in [1.82, 2.24) is 24.9 Å². The van der Waals surface area contributed by atoms with Crippen LogP contribution >= 0.6 is 12.2 Å². The van der Waals surface area contributed by atoms with E-state index in [1.54, 1.807) is 24.7 Å². The number of nitrogens with one attached hydrogen (secondary N) is 2. The normalized spacial score (nSPS) is 12.7. The Kier molecular flexibility index (Phi) is 6.81. The number of imidazole rings is 1. The van der Waals surface area contributed by atoms with Gasteiger partial charge in [0.05, 0.1) is 23.3 Å². The molecule has 5 rings (SSSR count). The summed E-state index contributed by atoms with van der Waals surface area (Å²) in [6.07, 6.45) is 1.40. The van der Waals surface area contributed by atoms with Gasteiger partial charge in [-0.3, -0.25) is 5.43 Å². The maximum Gasteiger partial charge on any atom is 0.573 e. The van der Waals surface area contributed by atoms with Gasteiger partial charge in [0.2, 0.25) is 0 Å². The molecule has 1 aliphatic carbocycles. The molecule has 0 radical (unpaired) electrons. The third kappa shape index (κ3) is 5.49. The Morgan fingerprint density at radius 3 is 2.53 bits per heavy atom. The molecule has 0 saturated heterocycles. The van der Waals surface area contributed by atoms with Crippen molar-refractivity contribution in [3.63, 3.8) is 0 Å². The second kappa shape index (κ2) is 10.2. The summed E-state index contributed by atoms with van der Waals surface area (Å²) >= 11 is 5.34. The highest BCUT2D eigenvalue weighted by Crippen LogP contribution is 2.33. The first-order valence-corrected chi connectivity index (χ1v) is 12.0. The van der Waals surface area contributed by atoms with Crippen molar-refractivity contribution in [2.45, 2.75) is 33.1 Å². The van der Waals surface area contributed by atoms with Crippen molar-refractivity contribution in [3.05, 3.63) is 83.3 Å². The summed E-state index contributed by atoms with van der Waals surface area (Å²) in [5.74, 6) is 0.147. The van der Waals surface area contributed by atoms with E-state index in [2.05, 4.69) is 35.5 Å². The number of aryl methyl sites for hydroxylation is 3. The Bertz CT molecular complexity index is 1510. The maximum atomic E-state index is 12.5. The van der Waals surface area contributed by atoms with Crippen LogP contribution in [0.1, 0.15) is 28.3 Å². The van der Waals surface area contributed by atoms with Crippen LogP contribution in [0.25, 0.3) is 16.9 Å². The molecule has 4 aromatic rings. The van der Waals surface area contributed by atoms with E-state index in [0.717, 1.165) is 39.5 Å². The van der Waals surface area contributed by atoms with Crippen LogP contribution < -0.4 is 15.5 Å². The van der Waals surface area contributed by atoms with E-state index in [1.165, 1.54) is 18.3 Å². The molecular weight excluding hydrogens is 515 g/mol. The van der Waals surface area contributed by atoms with Gasteiger partial charge in [0.25, 0.3) is 0 Å². The molecule has 0 bridgehead atoms. The van der Waals surface area contributed by atoms with E-state index < -0.39 is 6.36 Å². The van der Waals surface area contributed by atoms with Gasteiger partial charge in [-0.1, -0.05) is 18.2 Å². The van der Waals surface area contributed by atoms with Gasteiger partial charge in [-0.25, -0.2) is 15.0 Å². The second-order valence-electron chi connectivity index (χ2n) is 8.63. The van der Waals surface area contributed by atoms with Crippen LogP contribution in [0.3, 0.4) is 0 Å². The zero-order valence-electron chi connectivity index (χ0n) is 20.4. The number of rotatable bonds is 5. The largest absolute Gasteiger partial charge is 0.573 e. The lowest BCUT2D eigenvalue weighted by molar-refractivity contribution is -0.274. The number of hydrazone groups is 1. The smallest absolute Gasteiger partial charge is 0.406 e. The number of hydrogen-bond acceptors (Lipinski definition) is 6. The quantitative estimate of drug-likeness (QED) is 0.204. The zero-order valence-corrected chi connectivity index (χ0v) is 21.2. The first kappa shape index (κ1) is 25.3. The van der Waals surface area contributed by atoms with Crippen LogP contribution in [-0.2, 0) is 12.8 Å². The fourth-order valence-electron chi connectivity index (χ4n) is 4.29. The van der Waals surface area contributed by atoms with E-state index >= 15 is 0 Å². The molecule has 12 heteroatoms. The average Bonchev–Trinajstić information content (AvgIpc) is 3.30. The van der Waals surface area contributed by atoms with Gasteiger partial charge in [-0.05, 0) is 74.3 Å². The first-order valence-electron chi connectivity index (χ1n) is 11.6. The molecular formula is C26H22F3N7OS. The molecule has 2 aromatic heterocycles. The van der Waals surface area contributed by atoms with E-state index in [1.807, 2.05) is 36.6 Å². The van der Waals surface area contributed by atoms with Crippen LogP contribution in [0.2, 0.25) is 0 Å². The predicted octanol–water partition coefficient (Wildman–Crippen LogP) is 5.26. The minimum absolute atomic E-state index is 0.278. The van der Waals surface area contributed by atoms with Crippen molar-refractivity contribution in [2.75, 3.05) is 5.32 Å². The average molecular weight is 538 g/mol. The molecule has 0 atom stereocenters. The van der Waals surface area contributed by atoms with Crippen LogP contribution in [0.5, 0.6) is 5.75 Å². The number of nitrogens with zero attached hydrogens (tertiary/aromatic N) is 5. The van der Waals surface area contributed by atoms with E-state index in [-0.39, 0.29) is 5.75 Å². The number of ether oxygens (including phenoxy) is 1. The SMILES string of the molecule is Cc1cccc(C)c1NC(=S)NN=Cc1ncc2c(n1)CCc1c-2ncn1-c1ccc(OC(F)(F)F)cc1.